The summed E-state index contributed by atoms with van der Waals surface area (Å²) in [6.07, 6.45) is 3.66. The molecule has 1 aliphatic heterocycles. The lowest BCUT2D eigenvalue weighted by molar-refractivity contribution is 0.238. The zero-order valence-electron chi connectivity index (χ0n) is 11.6. The second-order valence-electron chi connectivity index (χ2n) is 5.18. The zero-order chi connectivity index (χ0) is 13.9. The van der Waals surface area contributed by atoms with Gasteiger partial charge in [0, 0.05) is 32.2 Å². The van der Waals surface area contributed by atoms with Crippen LogP contribution in [0.1, 0.15) is 19.8 Å². The topological polar surface area (TPSA) is 90.0 Å². The van der Waals surface area contributed by atoms with Crippen LogP contribution in [0, 0.1) is 5.92 Å². The number of hydrogen-bond donors (Lipinski definition) is 3. The van der Waals surface area contributed by atoms with Crippen molar-refractivity contribution in [2.24, 2.45) is 5.92 Å². The molecule has 0 spiro atoms. The zero-order valence-corrected chi connectivity index (χ0v) is 11.6. The molecule has 0 amide bonds. The molecule has 2 aromatic rings. The third-order valence-electron chi connectivity index (χ3n) is 3.64. The van der Waals surface area contributed by atoms with Crippen molar-refractivity contribution in [3.63, 3.8) is 0 Å². The first-order chi connectivity index (χ1) is 9.81. The number of aliphatic hydroxyl groups excluding tert-OH is 1. The van der Waals surface area contributed by atoms with Crippen LogP contribution < -0.4 is 10.2 Å². The quantitative estimate of drug-likeness (QED) is 0.754. The highest BCUT2D eigenvalue weighted by Crippen LogP contribution is 2.27. The average molecular weight is 276 g/mol. The lowest BCUT2D eigenvalue weighted by Gasteiger charge is -2.18. The van der Waals surface area contributed by atoms with E-state index in [-0.39, 0.29) is 6.61 Å². The van der Waals surface area contributed by atoms with E-state index in [1.54, 1.807) is 6.33 Å². The van der Waals surface area contributed by atoms with E-state index in [4.69, 9.17) is 0 Å². The van der Waals surface area contributed by atoms with Gasteiger partial charge in [0.25, 0.3) is 0 Å². The molecule has 1 aliphatic rings. The number of aromatic nitrogens is 4. The normalized spacial score (nSPS) is 18.9. The Morgan fingerprint density at radius 3 is 3.15 bits per heavy atom. The number of fused-ring (bicyclic) bond motifs is 1. The molecule has 3 N–H and O–H groups in total. The third-order valence-corrected chi connectivity index (χ3v) is 3.64. The number of anilines is 2. The van der Waals surface area contributed by atoms with E-state index < -0.39 is 0 Å². The lowest BCUT2D eigenvalue weighted by Crippen LogP contribution is -2.23. The van der Waals surface area contributed by atoms with Gasteiger partial charge in [0.05, 0.1) is 6.33 Å². The number of rotatable bonds is 5. The molecule has 0 aliphatic carbocycles. The van der Waals surface area contributed by atoms with Gasteiger partial charge in [-0.2, -0.15) is 9.97 Å². The van der Waals surface area contributed by atoms with Crippen LogP contribution in [0.3, 0.4) is 0 Å². The van der Waals surface area contributed by atoms with E-state index in [2.05, 4.69) is 37.1 Å². The Bertz CT molecular complexity index is 583. The maximum Gasteiger partial charge on any atom is 0.226 e. The lowest BCUT2D eigenvalue weighted by atomic mass is 10.1. The molecule has 0 radical (unpaired) electrons. The summed E-state index contributed by atoms with van der Waals surface area (Å²) in [5.41, 5.74) is 1.55. The van der Waals surface area contributed by atoms with Crippen LogP contribution >= 0.6 is 0 Å². The van der Waals surface area contributed by atoms with Crippen LogP contribution in [-0.4, -0.2) is 51.3 Å². The van der Waals surface area contributed by atoms with E-state index in [1.165, 1.54) is 0 Å². The van der Waals surface area contributed by atoms with Gasteiger partial charge in [0.2, 0.25) is 5.95 Å². The van der Waals surface area contributed by atoms with Gasteiger partial charge in [-0.05, 0) is 12.8 Å². The highest BCUT2D eigenvalue weighted by Gasteiger charge is 2.25. The van der Waals surface area contributed by atoms with Crippen molar-refractivity contribution in [3.8, 4) is 0 Å². The van der Waals surface area contributed by atoms with Gasteiger partial charge in [-0.15, -0.1) is 0 Å². The van der Waals surface area contributed by atoms with E-state index in [0.717, 1.165) is 43.8 Å². The van der Waals surface area contributed by atoms with E-state index in [9.17, 15) is 5.11 Å². The molecule has 2 aromatic heterocycles. The number of nitrogens with zero attached hydrogens (tertiary/aromatic N) is 4. The minimum atomic E-state index is 0.231. The number of hydrogen-bond acceptors (Lipinski definition) is 6. The van der Waals surface area contributed by atoms with Gasteiger partial charge in [0.15, 0.2) is 11.5 Å². The standard InChI is InChI=1S/C13H20N6O/c1-2-4-14-13-17-11-10(15-8-16-11)12(18-13)19-5-3-9(6-19)7-20/h8-9,20H,2-7H2,1H3,(H2,14,15,16,17,18). The van der Waals surface area contributed by atoms with Crippen molar-refractivity contribution in [1.29, 1.82) is 0 Å². The monoisotopic (exact) mass is 276 g/mol. The molecule has 1 fully saturated rings. The van der Waals surface area contributed by atoms with Crippen LogP contribution in [0.15, 0.2) is 6.33 Å². The number of aliphatic hydroxyl groups is 1. The Kier molecular flexibility index (Phi) is 3.68. The van der Waals surface area contributed by atoms with Gasteiger partial charge < -0.3 is 20.3 Å². The van der Waals surface area contributed by atoms with Crippen molar-refractivity contribution in [2.75, 3.05) is 36.5 Å². The Morgan fingerprint density at radius 1 is 1.50 bits per heavy atom. The van der Waals surface area contributed by atoms with Crippen LogP contribution in [0.5, 0.6) is 0 Å². The summed E-state index contributed by atoms with van der Waals surface area (Å²) < 4.78 is 0. The summed E-state index contributed by atoms with van der Waals surface area (Å²) in [6, 6.07) is 0. The molecule has 3 rings (SSSR count). The largest absolute Gasteiger partial charge is 0.396 e. The molecule has 1 unspecified atom stereocenters. The van der Waals surface area contributed by atoms with Crippen LogP contribution in [0.2, 0.25) is 0 Å². The Hall–Kier alpha value is -1.89. The van der Waals surface area contributed by atoms with Crippen molar-refractivity contribution in [1.82, 2.24) is 19.9 Å². The molecule has 0 bridgehead atoms. The maximum atomic E-state index is 9.28. The average Bonchev–Trinajstić information content (AvgIpc) is 3.12. The van der Waals surface area contributed by atoms with Crippen molar-refractivity contribution >= 4 is 22.9 Å². The minimum Gasteiger partial charge on any atom is -0.396 e. The van der Waals surface area contributed by atoms with Crippen molar-refractivity contribution in [3.05, 3.63) is 6.33 Å². The number of H-pyrrole nitrogens is 1. The Morgan fingerprint density at radius 2 is 2.40 bits per heavy atom. The number of nitrogens with one attached hydrogen (secondary N) is 2. The summed E-state index contributed by atoms with van der Waals surface area (Å²) in [4.78, 5) is 18.6. The molecular formula is C13H20N6O. The van der Waals surface area contributed by atoms with E-state index >= 15 is 0 Å². The smallest absolute Gasteiger partial charge is 0.226 e. The molecule has 3 heterocycles. The SMILES string of the molecule is CCCNc1nc(N2CCC(CO)C2)c2[nH]cnc2n1. The molecular weight excluding hydrogens is 256 g/mol. The summed E-state index contributed by atoms with van der Waals surface area (Å²) in [5, 5.41) is 12.5. The summed E-state index contributed by atoms with van der Waals surface area (Å²) in [6.45, 7) is 4.91. The molecule has 108 valence electrons. The van der Waals surface area contributed by atoms with Gasteiger partial charge in [-0.25, -0.2) is 4.98 Å². The fourth-order valence-corrected chi connectivity index (χ4v) is 2.54. The highest BCUT2D eigenvalue weighted by atomic mass is 16.3. The Labute approximate surface area is 117 Å². The van der Waals surface area contributed by atoms with Crippen LogP contribution in [0.4, 0.5) is 11.8 Å². The van der Waals surface area contributed by atoms with Gasteiger partial charge >= 0.3 is 0 Å². The summed E-state index contributed by atoms with van der Waals surface area (Å²) in [7, 11) is 0. The highest BCUT2D eigenvalue weighted by molar-refractivity contribution is 5.84. The van der Waals surface area contributed by atoms with Crippen molar-refractivity contribution < 1.29 is 5.11 Å². The summed E-state index contributed by atoms with van der Waals surface area (Å²) in [5.74, 6) is 1.82. The second kappa shape index (κ2) is 5.62. The molecule has 0 aromatic carbocycles. The number of aromatic amines is 1. The Balaban J connectivity index is 1.93. The summed E-state index contributed by atoms with van der Waals surface area (Å²) >= 11 is 0. The molecule has 7 nitrogen and oxygen atoms in total. The molecule has 7 heteroatoms. The molecule has 1 saturated heterocycles. The van der Waals surface area contributed by atoms with Gasteiger partial charge in [0.1, 0.15) is 5.52 Å². The van der Waals surface area contributed by atoms with Crippen LogP contribution in [-0.2, 0) is 0 Å². The van der Waals surface area contributed by atoms with Gasteiger partial charge in [-0.1, -0.05) is 6.92 Å². The van der Waals surface area contributed by atoms with E-state index in [1.807, 2.05) is 0 Å². The third kappa shape index (κ3) is 2.40. The molecule has 20 heavy (non-hydrogen) atoms. The first-order valence-electron chi connectivity index (χ1n) is 7.12. The first kappa shape index (κ1) is 13.1. The van der Waals surface area contributed by atoms with E-state index in [0.29, 0.717) is 17.5 Å². The molecule has 1 atom stereocenters. The maximum absolute atomic E-state index is 9.28. The van der Waals surface area contributed by atoms with Crippen LogP contribution in [0.25, 0.3) is 11.2 Å². The predicted molar refractivity (Wildman–Crippen MR) is 77.9 cm³/mol. The van der Waals surface area contributed by atoms with Gasteiger partial charge in [-0.3, -0.25) is 0 Å². The number of imidazole rings is 1. The predicted octanol–water partition coefficient (Wildman–Crippen LogP) is 0.993. The van der Waals surface area contributed by atoms with Crippen molar-refractivity contribution in [2.45, 2.75) is 19.8 Å². The second-order valence-corrected chi connectivity index (χ2v) is 5.18. The molecule has 0 saturated carbocycles. The minimum absolute atomic E-state index is 0.231. The fourth-order valence-electron chi connectivity index (χ4n) is 2.54. The fraction of sp³-hybridized carbons (Fsp3) is 0.615. The first-order valence-corrected chi connectivity index (χ1v) is 7.12.